The van der Waals surface area contributed by atoms with E-state index in [0.29, 0.717) is 21.4 Å². The molecule has 0 bridgehead atoms. The monoisotopic (exact) mass is 375 g/mol. The summed E-state index contributed by atoms with van der Waals surface area (Å²) in [4.78, 5) is 3.91. The number of halogens is 2. The number of aromatic nitrogens is 1. The summed E-state index contributed by atoms with van der Waals surface area (Å²) >= 11 is 8.98. The Morgan fingerprint density at radius 2 is 2.05 bits per heavy atom. The highest BCUT2D eigenvalue weighted by atomic mass is 79.9. The van der Waals surface area contributed by atoms with E-state index in [1.165, 1.54) is 24.4 Å². The summed E-state index contributed by atoms with van der Waals surface area (Å²) in [6, 6.07) is 6.01. The quantitative estimate of drug-likeness (QED) is 0.636. The molecule has 0 unspecified atom stereocenters. The Kier molecular flexibility index (Phi) is 4.22. The number of nitrogens with one attached hydrogen (secondary N) is 1. The lowest BCUT2D eigenvalue weighted by molar-refractivity contribution is 0.600. The standard InChI is InChI=1S/C12H11BrClN3O2S/c1-7-4-9(13)10(15)6-11(7)20(18,19)17-8-2-3-16-12(14)5-8/h2-6H,15H2,1H3,(H,16,17). The maximum atomic E-state index is 12.4. The van der Waals surface area contributed by atoms with E-state index in [1.807, 2.05) is 0 Å². The average Bonchev–Trinajstić information content (AvgIpc) is 2.33. The van der Waals surface area contributed by atoms with Gasteiger partial charge in [-0.1, -0.05) is 11.6 Å². The molecule has 0 aliphatic rings. The summed E-state index contributed by atoms with van der Waals surface area (Å²) in [7, 11) is -3.74. The molecule has 0 saturated heterocycles. The fourth-order valence-electron chi connectivity index (χ4n) is 1.63. The van der Waals surface area contributed by atoms with Crippen molar-refractivity contribution in [3.8, 4) is 0 Å². The van der Waals surface area contributed by atoms with Gasteiger partial charge in [-0.25, -0.2) is 13.4 Å². The van der Waals surface area contributed by atoms with Crippen LogP contribution in [0.15, 0.2) is 39.8 Å². The maximum absolute atomic E-state index is 12.4. The lowest BCUT2D eigenvalue weighted by Gasteiger charge is -2.12. The first kappa shape index (κ1) is 15.1. The van der Waals surface area contributed by atoms with Gasteiger partial charge >= 0.3 is 0 Å². The van der Waals surface area contributed by atoms with E-state index in [9.17, 15) is 8.42 Å². The van der Waals surface area contributed by atoms with Crippen molar-refractivity contribution in [3.63, 3.8) is 0 Å². The third-order valence-corrected chi connectivity index (χ3v) is 4.98. The van der Waals surface area contributed by atoms with Gasteiger partial charge in [-0.2, -0.15) is 0 Å². The second-order valence-electron chi connectivity index (χ2n) is 4.11. The molecule has 3 N–H and O–H groups in total. The molecule has 0 amide bonds. The minimum absolute atomic E-state index is 0.117. The zero-order valence-electron chi connectivity index (χ0n) is 10.4. The Labute approximate surface area is 130 Å². The highest BCUT2D eigenvalue weighted by Gasteiger charge is 2.18. The van der Waals surface area contributed by atoms with Gasteiger partial charge in [-0.15, -0.1) is 0 Å². The predicted octanol–water partition coefficient (Wildman–Crippen LogP) is 3.19. The fraction of sp³-hybridized carbons (Fsp3) is 0.0833. The van der Waals surface area contributed by atoms with Crippen LogP contribution in [0.5, 0.6) is 0 Å². The van der Waals surface area contributed by atoms with Crippen LogP contribution in [-0.2, 0) is 10.0 Å². The summed E-state index contributed by atoms with van der Waals surface area (Å²) in [6.45, 7) is 1.69. The van der Waals surface area contributed by atoms with Crippen molar-refractivity contribution >= 4 is 48.9 Å². The molecule has 8 heteroatoms. The first-order chi connectivity index (χ1) is 9.29. The zero-order chi connectivity index (χ0) is 14.9. The van der Waals surface area contributed by atoms with E-state index < -0.39 is 10.0 Å². The number of aryl methyl sites for hydroxylation is 1. The highest BCUT2D eigenvalue weighted by molar-refractivity contribution is 9.10. The molecule has 106 valence electrons. The van der Waals surface area contributed by atoms with Crippen LogP contribution in [-0.4, -0.2) is 13.4 Å². The summed E-state index contributed by atoms with van der Waals surface area (Å²) in [5.74, 6) is 0. The lowest BCUT2D eigenvalue weighted by Crippen LogP contribution is -2.14. The Bertz CT molecular complexity index is 765. The highest BCUT2D eigenvalue weighted by Crippen LogP contribution is 2.28. The number of pyridine rings is 1. The molecule has 5 nitrogen and oxygen atoms in total. The van der Waals surface area contributed by atoms with Crippen molar-refractivity contribution < 1.29 is 8.42 Å². The van der Waals surface area contributed by atoms with Crippen LogP contribution in [0.2, 0.25) is 5.15 Å². The molecule has 1 aromatic heterocycles. The normalized spacial score (nSPS) is 11.3. The number of nitrogens with zero attached hydrogens (tertiary/aromatic N) is 1. The van der Waals surface area contributed by atoms with Crippen molar-refractivity contribution in [2.24, 2.45) is 0 Å². The smallest absolute Gasteiger partial charge is 0.262 e. The Morgan fingerprint density at radius 1 is 1.35 bits per heavy atom. The predicted molar refractivity (Wildman–Crippen MR) is 83.3 cm³/mol. The zero-order valence-corrected chi connectivity index (χ0v) is 13.6. The van der Waals surface area contributed by atoms with Crippen LogP contribution in [0.4, 0.5) is 11.4 Å². The van der Waals surface area contributed by atoms with Gasteiger partial charge in [0.2, 0.25) is 0 Å². The molecule has 2 rings (SSSR count). The molecule has 0 fully saturated rings. The number of benzene rings is 1. The molecule has 0 spiro atoms. The molecule has 1 heterocycles. The Balaban J connectivity index is 2.43. The number of rotatable bonds is 3. The Morgan fingerprint density at radius 3 is 2.70 bits per heavy atom. The molecule has 2 aromatic rings. The maximum Gasteiger partial charge on any atom is 0.262 e. The first-order valence-corrected chi connectivity index (χ1v) is 8.15. The van der Waals surface area contributed by atoms with Crippen molar-refractivity contribution in [1.29, 1.82) is 0 Å². The van der Waals surface area contributed by atoms with Crippen LogP contribution in [0.1, 0.15) is 5.56 Å². The van der Waals surface area contributed by atoms with Gasteiger partial charge in [0.15, 0.2) is 0 Å². The van der Waals surface area contributed by atoms with E-state index in [0.717, 1.165) is 0 Å². The van der Waals surface area contributed by atoms with Crippen LogP contribution in [0.25, 0.3) is 0 Å². The number of hydrogen-bond donors (Lipinski definition) is 2. The van der Waals surface area contributed by atoms with E-state index >= 15 is 0 Å². The molecule has 20 heavy (non-hydrogen) atoms. The van der Waals surface area contributed by atoms with Crippen LogP contribution in [0.3, 0.4) is 0 Å². The van der Waals surface area contributed by atoms with Gasteiger partial charge in [0.1, 0.15) is 5.15 Å². The van der Waals surface area contributed by atoms with E-state index in [4.69, 9.17) is 17.3 Å². The van der Waals surface area contributed by atoms with Crippen molar-refractivity contribution in [2.45, 2.75) is 11.8 Å². The van der Waals surface area contributed by atoms with Crippen LogP contribution < -0.4 is 10.5 Å². The van der Waals surface area contributed by atoms with Gasteiger partial charge in [-0.05, 0) is 52.7 Å². The third-order valence-electron chi connectivity index (χ3n) is 2.56. The van der Waals surface area contributed by atoms with E-state index in [1.54, 1.807) is 13.0 Å². The number of nitrogen functional groups attached to an aromatic ring is 1. The van der Waals surface area contributed by atoms with Crippen molar-refractivity contribution in [2.75, 3.05) is 10.5 Å². The van der Waals surface area contributed by atoms with Crippen molar-refractivity contribution in [1.82, 2.24) is 4.98 Å². The largest absolute Gasteiger partial charge is 0.398 e. The van der Waals surface area contributed by atoms with E-state index in [-0.39, 0.29) is 10.0 Å². The van der Waals surface area contributed by atoms with Gasteiger partial charge in [-0.3, -0.25) is 4.72 Å². The van der Waals surface area contributed by atoms with Crippen LogP contribution >= 0.6 is 27.5 Å². The lowest BCUT2D eigenvalue weighted by atomic mass is 10.2. The molecular weight excluding hydrogens is 366 g/mol. The molecule has 0 atom stereocenters. The molecule has 0 aliphatic carbocycles. The number of hydrogen-bond acceptors (Lipinski definition) is 4. The third kappa shape index (κ3) is 3.23. The molecule has 0 radical (unpaired) electrons. The first-order valence-electron chi connectivity index (χ1n) is 5.49. The number of nitrogens with two attached hydrogens (primary N) is 1. The topological polar surface area (TPSA) is 85.1 Å². The van der Waals surface area contributed by atoms with Gasteiger partial charge in [0.05, 0.1) is 10.6 Å². The van der Waals surface area contributed by atoms with Crippen molar-refractivity contribution in [3.05, 3.63) is 45.7 Å². The number of anilines is 2. The summed E-state index contributed by atoms with van der Waals surface area (Å²) in [5, 5.41) is 0.206. The fourth-order valence-corrected chi connectivity index (χ4v) is 3.58. The van der Waals surface area contributed by atoms with Gasteiger partial charge in [0, 0.05) is 16.4 Å². The summed E-state index contributed by atoms with van der Waals surface area (Å²) < 4.78 is 27.8. The second kappa shape index (κ2) is 5.59. The molecular formula is C12H11BrClN3O2S. The van der Waals surface area contributed by atoms with E-state index in [2.05, 4.69) is 25.6 Å². The minimum atomic E-state index is -3.74. The molecule has 0 aliphatic heterocycles. The van der Waals surface area contributed by atoms with Gasteiger partial charge in [0.25, 0.3) is 10.0 Å². The minimum Gasteiger partial charge on any atom is -0.398 e. The summed E-state index contributed by atoms with van der Waals surface area (Å²) in [6.07, 6.45) is 1.42. The molecule has 0 saturated carbocycles. The molecule has 1 aromatic carbocycles. The number of sulfonamides is 1. The summed E-state index contributed by atoms with van der Waals surface area (Å²) in [5.41, 5.74) is 7.01. The Hall–Kier alpha value is -1.31. The second-order valence-corrected chi connectivity index (χ2v) is 7.00. The van der Waals surface area contributed by atoms with Gasteiger partial charge < -0.3 is 5.73 Å². The SMILES string of the molecule is Cc1cc(Br)c(N)cc1S(=O)(=O)Nc1ccnc(Cl)c1. The average molecular weight is 377 g/mol. The van der Waals surface area contributed by atoms with Crippen LogP contribution in [0, 0.1) is 6.92 Å².